The Labute approximate surface area is 161 Å². The average molecular weight is 412 g/mol. The molecule has 0 unspecified atom stereocenters. The van der Waals surface area contributed by atoms with Crippen LogP contribution < -0.4 is 0 Å². The summed E-state index contributed by atoms with van der Waals surface area (Å²) in [5.74, 6) is 0.495. The third-order valence-electron chi connectivity index (χ3n) is 4.17. The van der Waals surface area contributed by atoms with Crippen LogP contribution >= 0.6 is 0 Å². The highest BCUT2D eigenvalue weighted by atomic mass is 28.3. The Balaban J connectivity index is 1.72. The van der Waals surface area contributed by atoms with Crippen molar-refractivity contribution in [3.63, 3.8) is 0 Å². The number of nitrogens with one attached hydrogen (secondary N) is 1. The number of aromatic nitrogens is 6. The number of H-pyrrole nitrogens is 1. The smallest absolute Gasteiger partial charge is 0.360 e. The van der Waals surface area contributed by atoms with Gasteiger partial charge in [-0.2, -0.15) is 28.5 Å². The molecule has 0 bridgehead atoms. The van der Waals surface area contributed by atoms with Crippen LogP contribution in [0.2, 0.25) is 25.7 Å². The number of hydrogen-bond acceptors (Lipinski definition) is 4. The largest absolute Gasteiger partial charge is 0.435 e. The predicted molar refractivity (Wildman–Crippen MR) is 101 cm³/mol. The summed E-state index contributed by atoms with van der Waals surface area (Å²) in [7, 11) is -1.15. The van der Waals surface area contributed by atoms with Crippen LogP contribution in [0.1, 0.15) is 11.4 Å². The normalized spacial score (nSPS) is 12.7. The van der Waals surface area contributed by atoms with E-state index in [1.54, 1.807) is 23.9 Å². The van der Waals surface area contributed by atoms with Crippen LogP contribution in [0.3, 0.4) is 0 Å². The van der Waals surface area contributed by atoms with Crippen LogP contribution in [-0.2, 0) is 17.6 Å². The first kappa shape index (κ1) is 20.3. The number of ether oxygens (including phenoxy) is 1. The highest BCUT2D eigenvalue weighted by Crippen LogP contribution is 2.37. The van der Waals surface area contributed by atoms with Crippen LogP contribution in [0.25, 0.3) is 16.9 Å². The molecule has 3 aromatic heterocycles. The van der Waals surface area contributed by atoms with Gasteiger partial charge in [0.2, 0.25) is 0 Å². The first-order valence-corrected chi connectivity index (χ1v) is 12.5. The number of hydrogen-bond donors (Lipinski definition) is 1. The van der Waals surface area contributed by atoms with Gasteiger partial charge in [-0.1, -0.05) is 19.6 Å². The zero-order valence-corrected chi connectivity index (χ0v) is 17.2. The topological polar surface area (TPSA) is 73.5 Å². The number of aryl methyl sites for hydroxylation is 1. The lowest BCUT2D eigenvalue weighted by molar-refractivity contribution is -0.140. The van der Waals surface area contributed by atoms with Gasteiger partial charge in [0.25, 0.3) is 0 Å². The van der Waals surface area contributed by atoms with E-state index < -0.39 is 19.9 Å². The van der Waals surface area contributed by atoms with Gasteiger partial charge in [-0.3, -0.25) is 5.10 Å². The van der Waals surface area contributed by atoms with Gasteiger partial charge in [-0.15, -0.1) is 0 Å². The molecule has 0 aliphatic carbocycles. The van der Waals surface area contributed by atoms with E-state index in [1.807, 2.05) is 0 Å². The zero-order chi connectivity index (χ0) is 20.5. The van der Waals surface area contributed by atoms with E-state index in [2.05, 4.69) is 40.0 Å². The van der Waals surface area contributed by atoms with Gasteiger partial charge in [0.05, 0.1) is 6.20 Å². The maximum atomic E-state index is 13.2. The molecular weight excluding hydrogens is 389 g/mol. The second-order valence-corrected chi connectivity index (χ2v) is 13.4. The van der Waals surface area contributed by atoms with Crippen molar-refractivity contribution in [2.24, 2.45) is 0 Å². The lowest BCUT2D eigenvalue weighted by atomic mass is 10.1. The number of nitrogens with zero attached hydrogens (tertiary/aromatic N) is 5. The molecule has 0 spiro atoms. The summed E-state index contributed by atoms with van der Waals surface area (Å²) in [5.41, 5.74) is -0.313. The summed E-state index contributed by atoms with van der Waals surface area (Å²) in [6.07, 6.45) is 0.0782. The molecule has 0 saturated heterocycles. The van der Waals surface area contributed by atoms with Crippen molar-refractivity contribution in [1.29, 1.82) is 0 Å². The second kappa shape index (κ2) is 7.55. The van der Waals surface area contributed by atoms with Crippen molar-refractivity contribution in [2.75, 3.05) is 6.61 Å². The Hall–Kier alpha value is -2.40. The van der Waals surface area contributed by atoms with Gasteiger partial charge in [-0.05, 0) is 13.0 Å². The van der Waals surface area contributed by atoms with Crippen LogP contribution in [0.4, 0.5) is 13.2 Å². The molecule has 3 heterocycles. The van der Waals surface area contributed by atoms with Crippen molar-refractivity contribution in [2.45, 2.75) is 45.5 Å². The van der Waals surface area contributed by atoms with Gasteiger partial charge >= 0.3 is 6.18 Å². The van der Waals surface area contributed by atoms with E-state index in [4.69, 9.17) is 4.74 Å². The van der Waals surface area contributed by atoms with Crippen LogP contribution in [0.15, 0.2) is 24.7 Å². The van der Waals surface area contributed by atoms with E-state index in [1.165, 1.54) is 17.1 Å². The van der Waals surface area contributed by atoms with E-state index in [0.717, 1.165) is 6.04 Å². The lowest BCUT2D eigenvalue weighted by Crippen LogP contribution is -2.22. The van der Waals surface area contributed by atoms with Crippen molar-refractivity contribution in [3.8, 4) is 16.9 Å². The number of alkyl halides is 3. The van der Waals surface area contributed by atoms with Crippen LogP contribution in [0.5, 0.6) is 0 Å². The molecule has 11 heteroatoms. The summed E-state index contributed by atoms with van der Waals surface area (Å²) in [4.78, 5) is 0. The Bertz CT molecular complexity index is 937. The van der Waals surface area contributed by atoms with Gasteiger partial charge in [0.15, 0.2) is 11.5 Å². The minimum atomic E-state index is -4.54. The van der Waals surface area contributed by atoms with Gasteiger partial charge in [0.1, 0.15) is 6.73 Å². The fourth-order valence-corrected chi connectivity index (χ4v) is 3.40. The number of halogens is 3. The molecule has 152 valence electrons. The second-order valence-electron chi connectivity index (χ2n) is 7.80. The van der Waals surface area contributed by atoms with E-state index in [9.17, 15) is 13.2 Å². The van der Waals surface area contributed by atoms with Crippen LogP contribution in [0, 0.1) is 6.92 Å². The lowest BCUT2D eigenvalue weighted by Gasteiger charge is -2.15. The molecule has 7 nitrogen and oxygen atoms in total. The first-order chi connectivity index (χ1) is 13.0. The average Bonchev–Trinajstić information content (AvgIpc) is 3.28. The van der Waals surface area contributed by atoms with Crippen molar-refractivity contribution < 1.29 is 17.9 Å². The third-order valence-corrected chi connectivity index (χ3v) is 5.87. The standard InChI is InChI=1S/C17H23F3N6OSi/c1-12-15(16(23-22-12)17(18,19)20)13-9-21-26(10-13)14-5-6-25(24-14)11-27-7-8-28(2,3)4/h5-6,9-10H,7-8,11H2,1-4H3,(H,22,23). The monoisotopic (exact) mass is 412 g/mol. The molecule has 0 aliphatic rings. The Kier molecular flexibility index (Phi) is 5.48. The van der Waals surface area contributed by atoms with E-state index >= 15 is 0 Å². The van der Waals surface area contributed by atoms with Crippen molar-refractivity contribution >= 4 is 8.07 Å². The summed E-state index contributed by atoms with van der Waals surface area (Å²) in [6.45, 7) is 9.38. The highest BCUT2D eigenvalue weighted by molar-refractivity contribution is 6.76. The molecule has 0 aromatic carbocycles. The predicted octanol–water partition coefficient (Wildman–Crippen LogP) is 4.10. The molecule has 0 saturated carbocycles. The molecule has 0 radical (unpaired) electrons. The van der Waals surface area contributed by atoms with Gasteiger partial charge in [-0.25, -0.2) is 9.36 Å². The minimum Gasteiger partial charge on any atom is -0.360 e. The molecule has 3 aromatic rings. The number of rotatable bonds is 7. The quantitative estimate of drug-likeness (QED) is 0.468. The molecular formula is C17H23F3N6OSi. The van der Waals surface area contributed by atoms with E-state index in [-0.39, 0.29) is 5.56 Å². The Morgan fingerprint density at radius 3 is 2.68 bits per heavy atom. The molecule has 1 N–H and O–H groups in total. The Morgan fingerprint density at radius 2 is 2.00 bits per heavy atom. The molecule has 0 atom stereocenters. The summed E-state index contributed by atoms with van der Waals surface area (Å²) in [6, 6.07) is 2.79. The SMILES string of the molecule is Cc1[nH]nc(C(F)(F)F)c1-c1cnn(-c2ccn(COCC[Si](C)(C)C)n2)c1. The molecule has 3 rings (SSSR count). The molecule has 0 amide bonds. The third kappa shape index (κ3) is 4.71. The molecule has 0 fully saturated rings. The van der Waals surface area contributed by atoms with Crippen molar-refractivity contribution in [3.05, 3.63) is 36.0 Å². The number of aromatic amines is 1. The fourth-order valence-electron chi connectivity index (χ4n) is 2.65. The summed E-state index contributed by atoms with van der Waals surface area (Å²) >= 11 is 0. The Morgan fingerprint density at radius 1 is 1.25 bits per heavy atom. The minimum absolute atomic E-state index is 0.00661. The van der Waals surface area contributed by atoms with Gasteiger partial charge in [0, 0.05) is 50.0 Å². The first-order valence-electron chi connectivity index (χ1n) is 8.83. The zero-order valence-electron chi connectivity index (χ0n) is 16.2. The maximum Gasteiger partial charge on any atom is 0.435 e. The summed E-state index contributed by atoms with van der Waals surface area (Å²) in [5, 5.41) is 14.3. The fraction of sp³-hybridized carbons (Fsp3) is 0.471. The van der Waals surface area contributed by atoms with Crippen LogP contribution in [-0.4, -0.2) is 44.4 Å². The van der Waals surface area contributed by atoms with Gasteiger partial charge < -0.3 is 4.74 Å². The molecule has 28 heavy (non-hydrogen) atoms. The van der Waals surface area contributed by atoms with Crippen molar-refractivity contribution in [1.82, 2.24) is 29.8 Å². The summed E-state index contributed by atoms with van der Waals surface area (Å²) < 4.78 is 48.2. The van der Waals surface area contributed by atoms with E-state index in [0.29, 0.717) is 30.4 Å². The highest BCUT2D eigenvalue weighted by Gasteiger charge is 2.38. The maximum absolute atomic E-state index is 13.2. The molecule has 0 aliphatic heterocycles.